The fourth-order valence-electron chi connectivity index (χ4n) is 3.77. The molecule has 0 aromatic rings. The van der Waals surface area contributed by atoms with Crippen molar-refractivity contribution >= 4 is 29.2 Å². The number of hydrogen-bond donors (Lipinski definition) is 1. The van der Waals surface area contributed by atoms with E-state index in [1.807, 2.05) is 9.80 Å². The van der Waals surface area contributed by atoms with Crippen molar-refractivity contribution in [2.45, 2.75) is 29.7 Å². The Balaban J connectivity index is 1.44. The Hall–Kier alpha value is -0.270. The Kier molecular flexibility index (Phi) is 6.49. The molecule has 0 spiro atoms. The maximum Gasteiger partial charge on any atom is 0.320 e. The standard InChI is InChI=1S/C16H27Cl2N3O3/c17-13-9-12(15(22)10-14(13)18)11-19-1-3-20(4-2-19)16(23)21-5-7-24-8-6-21/h12-15,22H,1-11H2. The van der Waals surface area contributed by atoms with Crippen LogP contribution in [0.1, 0.15) is 12.8 Å². The second-order valence-corrected chi connectivity index (χ2v) is 8.12. The maximum atomic E-state index is 12.5. The minimum absolute atomic E-state index is 0.0655. The van der Waals surface area contributed by atoms with Gasteiger partial charge in [-0.2, -0.15) is 0 Å². The predicted molar refractivity (Wildman–Crippen MR) is 93.8 cm³/mol. The molecule has 1 saturated carbocycles. The highest BCUT2D eigenvalue weighted by molar-refractivity contribution is 6.30. The first-order valence-corrected chi connectivity index (χ1v) is 9.72. The molecule has 8 heteroatoms. The van der Waals surface area contributed by atoms with Gasteiger partial charge in [-0.3, -0.25) is 4.90 Å². The number of carbonyl (C=O) groups excluding carboxylic acids is 1. The molecule has 24 heavy (non-hydrogen) atoms. The number of rotatable bonds is 2. The Morgan fingerprint density at radius 3 is 2.21 bits per heavy atom. The molecule has 3 rings (SSSR count). The highest BCUT2D eigenvalue weighted by atomic mass is 35.5. The number of aliphatic hydroxyl groups excluding tert-OH is 1. The molecular formula is C16H27Cl2N3O3. The van der Waals surface area contributed by atoms with Crippen LogP contribution < -0.4 is 0 Å². The first kappa shape index (κ1) is 18.5. The van der Waals surface area contributed by atoms with E-state index in [4.69, 9.17) is 27.9 Å². The molecule has 3 fully saturated rings. The van der Waals surface area contributed by atoms with E-state index in [-0.39, 0.29) is 28.8 Å². The molecule has 2 amide bonds. The van der Waals surface area contributed by atoms with Gasteiger partial charge in [-0.1, -0.05) is 0 Å². The van der Waals surface area contributed by atoms with E-state index < -0.39 is 0 Å². The monoisotopic (exact) mass is 379 g/mol. The number of halogens is 2. The second-order valence-electron chi connectivity index (χ2n) is 7.00. The fraction of sp³-hybridized carbons (Fsp3) is 0.938. The lowest BCUT2D eigenvalue weighted by atomic mass is 9.85. The van der Waals surface area contributed by atoms with Crippen molar-refractivity contribution in [3.8, 4) is 0 Å². The van der Waals surface area contributed by atoms with Crippen molar-refractivity contribution in [2.24, 2.45) is 5.92 Å². The summed E-state index contributed by atoms with van der Waals surface area (Å²) in [4.78, 5) is 18.6. The third-order valence-corrected chi connectivity index (χ3v) is 6.44. The van der Waals surface area contributed by atoms with Crippen LogP contribution in [0.25, 0.3) is 0 Å². The Morgan fingerprint density at radius 2 is 1.54 bits per heavy atom. The minimum atomic E-state index is -0.379. The average Bonchev–Trinajstić information content (AvgIpc) is 2.60. The largest absolute Gasteiger partial charge is 0.393 e. The summed E-state index contributed by atoms with van der Waals surface area (Å²) in [5.74, 6) is 0.170. The Bertz CT molecular complexity index is 429. The average molecular weight is 380 g/mol. The lowest BCUT2D eigenvalue weighted by Gasteiger charge is -2.41. The van der Waals surface area contributed by atoms with Crippen molar-refractivity contribution in [1.29, 1.82) is 0 Å². The van der Waals surface area contributed by atoms with Crippen molar-refractivity contribution in [3.63, 3.8) is 0 Å². The number of morpholine rings is 1. The molecule has 6 nitrogen and oxygen atoms in total. The summed E-state index contributed by atoms with van der Waals surface area (Å²) in [6.45, 7) is 6.62. The molecule has 2 heterocycles. The quantitative estimate of drug-likeness (QED) is 0.728. The van der Waals surface area contributed by atoms with Crippen molar-refractivity contribution < 1.29 is 14.6 Å². The SMILES string of the molecule is O=C(N1CCOCC1)N1CCN(CC2CC(Cl)C(Cl)CC2O)CC1. The van der Waals surface area contributed by atoms with Crippen molar-refractivity contribution in [1.82, 2.24) is 14.7 Å². The van der Waals surface area contributed by atoms with E-state index >= 15 is 0 Å². The maximum absolute atomic E-state index is 12.5. The smallest absolute Gasteiger partial charge is 0.320 e. The minimum Gasteiger partial charge on any atom is -0.393 e. The van der Waals surface area contributed by atoms with Gasteiger partial charge in [0.2, 0.25) is 0 Å². The number of amides is 2. The van der Waals surface area contributed by atoms with Gasteiger partial charge in [-0.25, -0.2) is 4.79 Å². The molecule has 1 aliphatic carbocycles. The van der Waals surface area contributed by atoms with Crippen LogP contribution in [0.15, 0.2) is 0 Å². The number of hydrogen-bond acceptors (Lipinski definition) is 4. The molecule has 2 saturated heterocycles. The number of aliphatic hydroxyl groups is 1. The Labute approximate surface area is 153 Å². The fourth-order valence-corrected chi connectivity index (χ4v) is 4.39. The molecule has 4 unspecified atom stereocenters. The van der Waals surface area contributed by atoms with E-state index in [0.717, 1.165) is 39.1 Å². The van der Waals surface area contributed by atoms with Gasteiger partial charge in [-0.05, 0) is 18.8 Å². The van der Waals surface area contributed by atoms with E-state index in [1.165, 1.54) is 0 Å². The molecule has 1 N–H and O–H groups in total. The highest BCUT2D eigenvalue weighted by Crippen LogP contribution is 2.32. The third kappa shape index (κ3) is 4.47. The first-order valence-electron chi connectivity index (χ1n) is 8.84. The van der Waals surface area contributed by atoms with Crippen LogP contribution in [-0.2, 0) is 4.74 Å². The lowest BCUT2D eigenvalue weighted by molar-refractivity contribution is 0.0255. The van der Waals surface area contributed by atoms with Gasteiger partial charge < -0.3 is 19.6 Å². The summed E-state index contributed by atoms with van der Waals surface area (Å²) < 4.78 is 5.30. The van der Waals surface area contributed by atoms with Gasteiger partial charge in [0.15, 0.2) is 0 Å². The van der Waals surface area contributed by atoms with Gasteiger partial charge in [0, 0.05) is 45.8 Å². The predicted octanol–water partition coefficient (Wildman–Crippen LogP) is 1.04. The second kappa shape index (κ2) is 8.41. The summed E-state index contributed by atoms with van der Waals surface area (Å²) in [6, 6.07) is 0.126. The lowest BCUT2D eigenvalue weighted by Crippen LogP contribution is -2.56. The molecule has 4 atom stereocenters. The zero-order valence-electron chi connectivity index (χ0n) is 13.9. The highest BCUT2D eigenvalue weighted by Gasteiger charge is 2.36. The molecule has 2 aliphatic heterocycles. The summed E-state index contributed by atoms with van der Waals surface area (Å²) in [7, 11) is 0. The first-order chi connectivity index (χ1) is 11.5. The van der Waals surface area contributed by atoms with Crippen LogP contribution >= 0.6 is 23.2 Å². The number of nitrogens with zero attached hydrogens (tertiary/aromatic N) is 3. The Morgan fingerprint density at radius 1 is 0.958 bits per heavy atom. The van der Waals surface area contributed by atoms with Crippen LogP contribution in [0.5, 0.6) is 0 Å². The van der Waals surface area contributed by atoms with E-state index in [2.05, 4.69) is 4.90 Å². The van der Waals surface area contributed by atoms with Gasteiger partial charge in [0.1, 0.15) is 0 Å². The zero-order valence-corrected chi connectivity index (χ0v) is 15.5. The summed E-state index contributed by atoms with van der Waals surface area (Å²) >= 11 is 12.4. The van der Waals surface area contributed by atoms with Crippen molar-refractivity contribution in [3.05, 3.63) is 0 Å². The van der Waals surface area contributed by atoms with Gasteiger partial charge >= 0.3 is 6.03 Å². The number of piperazine rings is 1. The van der Waals surface area contributed by atoms with Crippen LogP contribution in [-0.4, -0.2) is 102 Å². The molecular weight excluding hydrogens is 353 g/mol. The van der Waals surface area contributed by atoms with Gasteiger partial charge in [0.05, 0.1) is 30.1 Å². The molecule has 0 bridgehead atoms. The van der Waals surface area contributed by atoms with Crippen LogP contribution in [0.4, 0.5) is 4.79 Å². The van der Waals surface area contributed by atoms with Crippen LogP contribution in [0.3, 0.4) is 0 Å². The summed E-state index contributed by atoms with van der Waals surface area (Å²) in [5, 5.41) is 10.0. The molecule has 3 aliphatic rings. The molecule has 0 aromatic carbocycles. The number of urea groups is 1. The zero-order chi connectivity index (χ0) is 17.1. The van der Waals surface area contributed by atoms with Gasteiger partial charge in [0.25, 0.3) is 0 Å². The van der Waals surface area contributed by atoms with E-state index in [9.17, 15) is 9.90 Å². The number of carbonyl (C=O) groups is 1. The van der Waals surface area contributed by atoms with Crippen molar-refractivity contribution in [2.75, 3.05) is 59.0 Å². The third-order valence-electron chi connectivity index (χ3n) is 5.35. The summed E-state index contributed by atoms with van der Waals surface area (Å²) in [6.07, 6.45) is 0.940. The number of ether oxygens (including phenoxy) is 1. The normalized spacial score (nSPS) is 36.0. The summed E-state index contributed by atoms with van der Waals surface area (Å²) in [5.41, 5.74) is 0. The van der Waals surface area contributed by atoms with E-state index in [1.54, 1.807) is 0 Å². The van der Waals surface area contributed by atoms with Crippen LogP contribution in [0, 0.1) is 5.92 Å². The molecule has 0 aromatic heterocycles. The topological polar surface area (TPSA) is 56.2 Å². The van der Waals surface area contributed by atoms with Gasteiger partial charge in [-0.15, -0.1) is 23.2 Å². The van der Waals surface area contributed by atoms with Crippen LogP contribution in [0.2, 0.25) is 0 Å². The molecule has 0 radical (unpaired) electrons. The van der Waals surface area contributed by atoms with E-state index in [0.29, 0.717) is 32.7 Å². The number of alkyl halides is 2. The molecule has 138 valence electrons.